The molecule has 0 aliphatic carbocycles. The van der Waals surface area contributed by atoms with Crippen molar-refractivity contribution in [3.8, 4) is 0 Å². The summed E-state index contributed by atoms with van der Waals surface area (Å²) >= 11 is 3.58. The highest BCUT2D eigenvalue weighted by molar-refractivity contribution is 9.10. The molecule has 0 bridgehead atoms. The van der Waals surface area contributed by atoms with Gasteiger partial charge in [-0.25, -0.2) is 0 Å². The molecule has 1 aliphatic heterocycles. The van der Waals surface area contributed by atoms with E-state index in [0.29, 0.717) is 26.2 Å². The van der Waals surface area contributed by atoms with Crippen molar-refractivity contribution in [3.63, 3.8) is 0 Å². The highest BCUT2D eigenvalue weighted by Gasteiger charge is 2.28. The Labute approximate surface area is 129 Å². The maximum Gasteiger partial charge on any atom is 0.281 e. The maximum absolute atomic E-state index is 12.1. The number of anilines is 1. The highest BCUT2D eigenvalue weighted by atomic mass is 79.9. The van der Waals surface area contributed by atoms with Crippen molar-refractivity contribution < 1.29 is 8.42 Å². The molecule has 0 unspecified atom stereocenters. The first-order valence-electron chi connectivity index (χ1n) is 6.51. The average Bonchev–Trinajstić information content (AvgIpc) is 2.38. The van der Waals surface area contributed by atoms with Crippen molar-refractivity contribution in [1.82, 2.24) is 8.61 Å². The predicted octanol–water partition coefficient (Wildman–Crippen LogP) is 1.69. The number of hydrogen-bond donors (Lipinski definition) is 0. The van der Waals surface area contributed by atoms with Gasteiger partial charge in [0.1, 0.15) is 0 Å². The van der Waals surface area contributed by atoms with Crippen molar-refractivity contribution in [2.75, 3.05) is 45.2 Å². The Morgan fingerprint density at radius 1 is 1.15 bits per heavy atom. The lowest BCUT2D eigenvalue weighted by molar-refractivity contribution is 0.355. The largest absolute Gasteiger partial charge is 0.368 e. The summed E-state index contributed by atoms with van der Waals surface area (Å²) < 4.78 is 28.0. The third-order valence-corrected chi connectivity index (χ3v) is 6.05. The Morgan fingerprint density at radius 3 is 2.25 bits per heavy atom. The van der Waals surface area contributed by atoms with E-state index in [4.69, 9.17) is 0 Å². The summed E-state index contributed by atoms with van der Waals surface area (Å²) in [5.41, 5.74) is 2.33. The molecule has 0 amide bonds. The molecule has 1 aromatic rings. The average molecular weight is 362 g/mol. The quantitative estimate of drug-likeness (QED) is 0.822. The van der Waals surface area contributed by atoms with Gasteiger partial charge < -0.3 is 4.90 Å². The smallest absolute Gasteiger partial charge is 0.281 e. The normalized spacial score (nSPS) is 17.8. The molecule has 0 atom stereocenters. The molecule has 0 radical (unpaired) electrons. The fraction of sp³-hybridized carbons (Fsp3) is 0.538. The van der Waals surface area contributed by atoms with E-state index < -0.39 is 10.2 Å². The summed E-state index contributed by atoms with van der Waals surface area (Å²) in [6, 6.07) is 6.23. The second-order valence-corrected chi connectivity index (χ2v) is 8.13. The van der Waals surface area contributed by atoms with Gasteiger partial charge in [-0.1, -0.05) is 6.07 Å². The van der Waals surface area contributed by atoms with E-state index >= 15 is 0 Å². The lowest BCUT2D eigenvalue weighted by Crippen LogP contribution is -2.51. The van der Waals surface area contributed by atoms with E-state index in [9.17, 15) is 8.42 Å². The number of aryl methyl sites for hydroxylation is 1. The van der Waals surface area contributed by atoms with E-state index in [1.54, 1.807) is 14.1 Å². The van der Waals surface area contributed by atoms with Gasteiger partial charge in [-0.15, -0.1) is 0 Å². The summed E-state index contributed by atoms with van der Waals surface area (Å²) in [6.07, 6.45) is 0. The number of hydrogen-bond acceptors (Lipinski definition) is 3. The van der Waals surface area contributed by atoms with Crippen LogP contribution in [0.1, 0.15) is 5.56 Å². The first-order chi connectivity index (χ1) is 9.32. The fourth-order valence-corrected chi connectivity index (χ4v) is 4.09. The van der Waals surface area contributed by atoms with Crippen LogP contribution in [0.3, 0.4) is 0 Å². The van der Waals surface area contributed by atoms with Gasteiger partial charge in [-0.05, 0) is 40.5 Å². The van der Waals surface area contributed by atoms with Crippen LogP contribution in [0.15, 0.2) is 22.7 Å². The van der Waals surface area contributed by atoms with Gasteiger partial charge in [0.05, 0.1) is 5.69 Å². The number of rotatable bonds is 3. The highest BCUT2D eigenvalue weighted by Crippen LogP contribution is 2.28. The van der Waals surface area contributed by atoms with E-state index in [2.05, 4.69) is 46.0 Å². The number of halogens is 1. The first-order valence-corrected chi connectivity index (χ1v) is 8.70. The molecule has 2 rings (SSSR count). The minimum absolute atomic E-state index is 0.515. The van der Waals surface area contributed by atoms with Gasteiger partial charge in [0, 0.05) is 44.7 Å². The van der Waals surface area contributed by atoms with Crippen LogP contribution < -0.4 is 4.90 Å². The van der Waals surface area contributed by atoms with Crippen LogP contribution >= 0.6 is 15.9 Å². The second-order valence-electron chi connectivity index (χ2n) is 5.13. The molecule has 0 N–H and O–H groups in total. The zero-order valence-corrected chi connectivity index (χ0v) is 14.4. The van der Waals surface area contributed by atoms with Crippen LogP contribution in [0.4, 0.5) is 5.69 Å². The summed E-state index contributed by atoms with van der Waals surface area (Å²) in [4.78, 5) is 2.21. The van der Waals surface area contributed by atoms with E-state index in [-0.39, 0.29) is 0 Å². The maximum atomic E-state index is 12.1. The van der Waals surface area contributed by atoms with Gasteiger partial charge in [0.25, 0.3) is 10.2 Å². The topological polar surface area (TPSA) is 43.9 Å². The number of nitrogens with zero attached hydrogens (tertiary/aromatic N) is 3. The Morgan fingerprint density at radius 2 is 1.75 bits per heavy atom. The third-order valence-electron chi connectivity index (χ3n) is 3.47. The van der Waals surface area contributed by atoms with E-state index in [1.165, 1.54) is 14.2 Å². The minimum Gasteiger partial charge on any atom is -0.368 e. The first kappa shape index (κ1) is 15.8. The predicted molar refractivity (Wildman–Crippen MR) is 85.3 cm³/mol. The van der Waals surface area contributed by atoms with Crippen molar-refractivity contribution in [3.05, 3.63) is 28.2 Å². The molecule has 20 heavy (non-hydrogen) atoms. The zero-order valence-electron chi connectivity index (χ0n) is 12.0. The molecule has 1 fully saturated rings. The van der Waals surface area contributed by atoms with Gasteiger partial charge in [-0.3, -0.25) is 0 Å². The van der Waals surface area contributed by atoms with Crippen molar-refractivity contribution in [2.24, 2.45) is 0 Å². The zero-order chi connectivity index (χ0) is 14.9. The lowest BCUT2D eigenvalue weighted by atomic mass is 10.2. The van der Waals surface area contributed by atoms with Crippen LogP contribution in [-0.4, -0.2) is 57.3 Å². The van der Waals surface area contributed by atoms with E-state index in [0.717, 1.165) is 10.2 Å². The molecule has 0 spiro atoms. The summed E-state index contributed by atoms with van der Waals surface area (Å²) in [5, 5.41) is 0. The Kier molecular flexibility index (Phi) is 4.73. The fourth-order valence-electron chi connectivity index (χ4n) is 2.26. The molecule has 5 nitrogen and oxygen atoms in total. The van der Waals surface area contributed by atoms with Crippen LogP contribution in [0.2, 0.25) is 0 Å². The van der Waals surface area contributed by atoms with Crippen molar-refractivity contribution in [2.45, 2.75) is 6.92 Å². The molecular weight excluding hydrogens is 342 g/mol. The van der Waals surface area contributed by atoms with Crippen LogP contribution in [0.5, 0.6) is 0 Å². The molecule has 1 aromatic carbocycles. The van der Waals surface area contributed by atoms with Crippen molar-refractivity contribution >= 4 is 31.8 Å². The summed E-state index contributed by atoms with van der Waals surface area (Å²) in [6.45, 7) is 4.49. The van der Waals surface area contributed by atoms with Crippen molar-refractivity contribution in [1.29, 1.82) is 0 Å². The molecule has 0 aromatic heterocycles. The van der Waals surface area contributed by atoms with Gasteiger partial charge in [0.2, 0.25) is 0 Å². The van der Waals surface area contributed by atoms with Gasteiger partial charge in [-0.2, -0.15) is 17.0 Å². The molecule has 1 aliphatic rings. The Hall–Kier alpha value is -0.630. The number of benzene rings is 1. The monoisotopic (exact) mass is 361 g/mol. The summed E-state index contributed by atoms with van der Waals surface area (Å²) in [5.74, 6) is 0. The van der Waals surface area contributed by atoms with Crippen LogP contribution in [0, 0.1) is 6.92 Å². The van der Waals surface area contributed by atoms with Gasteiger partial charge in [0.15, 0.2) is 0 Å². The molecular formula is C13H20BrN3O2S. The minimum atomic E-state index is -3.29. The molecule has 1 heterocycles. The van der Waals surface area contributed by atoms with Gasteiger partial charge >= 0.3 is 0 Å². The standard InChI is InChI=1S/C13H20BrN3O2S/c1-11-4-5-13(12(14)10-11)16-6-8-17(9-7-16)20(18,19)15(2)3/h4-5,10H,6-9H2,1-3H3. The third kappa shape index (κ3) is 3.16. The molecule has 112 valence electrons. The Bertz CT molecular complexity index is 581. The van der Waals surface area contributed by atoms with Crippen LogP contribution in [-0.2, 0) is 10.2 Å². The second kappa shape index (κ2) is 6.01. The molecule has 7 heteroatoms. The number of piperazine rings is 1. The van der Waals surface area contributed by atoms with Crippen LogP contribution in [0.25, 0.3) is 0 Å². The lowest BCUT2D eigenvalue weighted by Gasteiger charge is -2.36. The van der Waals surface area contributed by atoms with E-state index in [1.807, 2.05) is 0 Å². The molecule has 1 saturated heterocycles. The SMILES string of the molecule is Cc1ccc(N2CCN(S(=O)(=O)N(C)C)CC2)c(Br)c1. The Balaban J connectivity index is 2.08. The molecule has 0 saturated carbocycles. The summed E-state index contributed by atoms with van der Waals surface area (Å²) in [7, 11) is -0.159.